The van der Waals surface area contributed by atoms with E-state index in [0.717, 1.165) is 22.5 Å². The van der Waals surface area contributed by atoms with Crippen molar-refractivity contribution in [3.05, 3.63) is 58.6 Å². The van der Waals surface area contributed by atoms with E-state index in [0.29, 0.717) is 24.3 Å². The Hall–Kier alpha value is -2.33. The number of halogens is 1. The van der Waals surface area contributed by atoms with E-state index in [1.807, 2.05) is 18.2 Å². The third-order valence-electron chi connectivity index (χ3n) is 3.56. The number of carbonyl (C=O) groups is 2. The van der Waals surface area contributed by atoms with Crippen LogP contribution in [-0.2, 0) is 22.4 Å². The monoisotopic (exact) mass is 314 g/mol. The first-order chi connectivity index (χ1) is 10.6. The van der Waals surface area contributed by atoms with Crippen LogP contribution < -0.4 is 10.6 Å². The predicted molar refractivity (Wildman–Crippen MR) is 87.2 cm³/mol. The van der Waals surface area contributed by atoms with Crippen LogP contribution in [0.1, 0.15) is 17.5 Å². The maximum atomic E-state index is 12.1. The van der Waals surface area contributed by atoms with Gasteiger partial charge in [0.25, 0.3) is 0 Å². The molecule has 112 valence electrons. The SMILES string of the molecule is O=C(Cc1ccc2c(c1)CCC(=O)N2)Nc1ccc(Cl)cc1. The molecular weight excluding hydrogens is 300 g/mol. The van der Waals surface area contributed by atoms with Crippen LogP contribution in [-0.4, -0.2) is 11.8 Å². The Kier molecular flexibility index (Phi) is 4.11. The summed E-state index contributed by atoms with van der Waals surface area (Å²) < 4.78 is 0. The van der Waals surface area contributed by atoms with Gasteiger partial charge in [0.05, 0.1) is 6.42 Å². The van der Waals surface area contributed by atoms with E-state index in [-0.39, 0.29) is 11.8 Å². The number of amides is 2. The average molecular weight is 315 g/mol. The van der Waals surface area contributed by atoms with E-state index in [1.54, 1.807) is 24.3 Å². The van der Waals surface area contributed by atoms with Gasteiger partial charge >= 0.3 is 0 Å². The lowest BCUT2D eigenvalue weighted by Gasteiger charge is -2.17. The maximum absolute atomic E-state index is 12.1. The molecule has 0 aliphatic carbocycles. The molecule has 0 saturated carbocycles. The van der Waals surface area contributed by atoms with Crippen molar-refractivity contribution < 1.29 is 9.59 Å². The second kappa shape index (κ2) is 6.20. The van der Waals surface area contributed by atoms with Crippen molar-refractivity contribution in [2.75, 3.05) is 10.6 Å². The minimum Gasteiger partial charge on any atom is -0.326 e. The van der Waals surface area contributed by atoms with E-state index in [4.69, 9.17) is 11.6 Å². The zero-order valence-electron chi connectivity index (χ0n) is 11.9. The van der Waals surface area contributed by atoms with Gasteiger partial charge in [-0.15, -0.1) is 0 Å². The first-order valence-electron chi connectivity index (χ1n) is 7.07. The molecule has 0 saturated heterocycles. The van der Waals surface area contributed by atoms with Crippen molar-refractivity contribution >= 4 is 34.8 Å². The van der Waals surface area contributed by atoms with E-state index in [1.165, 1.54) is 0 Å². The topological polar surface area (TPSA) is 58.2 Å². The molecule has 0 radical (unpaired) electrons. The molecule has 2 aromatic rings. The second-order valence-electron chi connectivity index (χ2n) is 5.27. The van der Waals surface area contributed by atoms with Gasteiger partial charge in [-0.05, 0) is 47.9 Å². The maximum Gasteiger partial charge on any atom is 0.228 e. The Morgan fingerprint density at radius 1 is 1.14 bits per heavy atom. The van der Waals surface area contributed by atoms with E-state index in [9.17, 15) is 9.59 Å². The van der Waals surface area contributed by atoms with Crippen LogP contribution in [0.3, 0.4) is 0 Å². The smallest absolute Gasteiger partial charge is 0.228 e. The number of aryl methyl sites for hydroxylation is 1. The summed E-state index contributed by atoms with van der Waals surface area (Å²) in [5.41, 5.74) is 3.58. The molecule has 2 amide bonds. The van der Waals surface area contributed by atoms with Crippen LogP contribution in [0.25, 0.3) is 0 Å². The number of anilines is 2. The van der Waals surface area contributed by atoms with Gasteiger partial charge < -0.3 is 10.6 Å². The van der Waals surface area contributed by atoms with Gasteiger partial charge in [0, 0.05) is 22.8 Å². The quantitative estimate of drug-likeness (QED) is 0.912. The predicted octanol–water partition coefficient (Wildman–Crippen LogP) is 3.41. The lowest BCUT2D eigenvalue weighted by molar-refractivity contribution is -0.117. The van der Waals surface area contributed by atoms with Crippen LogP contribution in [0.2, 0.25) is 5.02 Å². The Morgan fingerprint density at radius 3 is 2.68 bits per heavy atom. The summed E-state index contributed by atoms with van der Waals surface area (Å²) in [6.07, 6.45) is 1.51. The third kappa shape index (κ3) is 3.46. The Balaban J connectivity index is 1.66. The van der Waals surface area contributed by atoms with Crippen molar-refractivity contribution in [1.82, 2.24) is 0 Å². The molecule has 0 spiro atoms. The summed E-state index contributed by atoms with van der Waals surface area (Å²) in [4.78, 5) is 23.4. The number of carbonyl (C=O) groups excluding carboxylic acids is 2. The summed E-state index contributed by atoms with van der Waals surface area (Å²) in [5.74, 6) is -0.0390. The molecule has 0 bridgehead atoms. The zero-order valence-corrected chi connectivity index (χ0v) is 12.6. The molecule has 4 nitrogen and oxygen atoms in total. The minimum atomic E-state index is -0.0814. The Labute approximate surface area is 133 Å². The normalized spacial score (nSPS) is 13.2. The van der Waals surface area contributed by atoms with Gasteiger partial charge in [-0.1, -0.05) is 23.7 Å². The highest BCUT2D eigenvalue weighted by Gasteiger charge is 2.15. The van der Waals surface area contributed by atoms with Crippen molar-refractivity contribution in [1.29, 1.82) is 0 Å². The molecule has 3 rings (SSSR count). The fourth-order valence-corrected chi connectivity index (χ4v) is 2.60. The number of rotatable bonds is 3. The van der Waals surface area contributed by atoms with Crippen LogP contribution in [0, 0.1) is 0 Å². The fraction of sp³-hybridized carbons (Fsp3) is 0.176. The molecule has 1 aliphatic rings. The molecular formula is C17H15ClN2O2. The molecule has 1 aliphatic heterocycles. The molecule has 0 atom stereocenters. The Morgan fingerprint density at radius 2 is 1.91 bits per heavy atom. The van der Waals surface area contributed by atoms with Gasteiger partial charge in [-0.3, -0.25) is 9.59 Å². The highest BCUT2D eigenvalue weighted by Crippen LogP contribution is 2.24. The van der Waals surface area contributed by atoms with Crippen molar-refractivity contribution in [2.24, 2.45) is 0 Å². The number of fused-ring (bicyclic) bond motifs is 1. The van der Waals surface area contributed by atoms with E-state index >= 15 is 0 Å². The van der Waals surface area contributed by atoms with Crippen molar-refractivity contribution in [3.63, 3.8) is 0 Å². The largest absolute Gasteiger partial charge is 0.326 e. The molecule has 0 fully saturated rings. The lowest BCUT2D eigenvalue weighted by atomic mass is 9.99. The molecule has 2 aromatic carbocycles. The van der Waals surface area contributed by atoms with Crippen LogP contribution >= 0.6 is 11.6 Å². The molecule has 5 heteroatoms. The molecule has 1 heterocycles. The van der Waals surface area contributed by atoms with Gasteiger partial charge in [-0.25, -0.2) is 0 Å². The van der Waals surface area contributed by atoms with Gasteiger partial charge in [0.1, 0.15) is 0 Å². The first-order valence-corrected chi connectivity index (χ1v) is 7.45. The molecule has 0 unspecified atom stereocenters. The highest BCUT2D eigenvalue weighted by atomic mass is 35.5. The molecule has 0 aromatic heterocycles. The van der Waals surface area contributed by atoms with Crippen molar-refractivity contribution in [2.45, 2.75) is 19.3 Å². The van der Waals surface area contributed by atoms with E-state index < -0.39 is 0 Å². The summed E-state index contributed by atoms with van der Waals surface area (Å²) in [7, 11) is 0. The highest BCUT2D eigenvalue weighted by molar-refractivity contribution is 6.30. The average Bonchev–Trinajstić information content (AvgIpc) is 2.50. The molecule has 2 N–H and O–H groups in total. The van der Waals surface area contributed by atoms with Gasteiger partial charge in [0.2, 0.25) is 11.8 Å². The van der Waals surface area contributed by atoms with Gasteiger partial charge in [0.15, 0.2) is 0 Å². The van der Waals surface area contributed by atoms with Crippen LogP contribution in [0.5, 0.6) is 0 Å². The van der Waals surface area contributed by atoms with Crippen LogP contribution in [0.4, 0.5) is 11.4 Å². The van der Waals surface area contributed by atoms with Crippen LogP contribution in [0.15, 0.2) is 42.5 Å². The lowest BCUT2D eigenvalue weighted by Crippen LogP contribution is -2.19. The first kappa shape index (κ1) is 14.6. The summed E-state index contributed by atoms with van der Waals surface area (Å²) >= 11 is 5.81. The summed E-state index contributed by atoms with van der Waals surface area (Å²) in [6.45, 7) is 0. The number of benzene rings is 2. The van der Waals surface area contributed by atoms with Crippen molar-refractivity contribution in [3.8, 4) is 0 Å². The fourth-order valence-electron chi connectivity index (χ4n) is 2.47. The third-order valence-corrected chi connectivity index (χ3v) is 3.81. The Bertz CT molecular complexity index is 726. The standard InChI is InChI=1S/C17H15ClN2O2/c18-13-3-5-14(6-4-13)19-17(22)10-11-1-7-15-12(9-11)2-8-16(21)20-15/h1,3-7,9H,2,8,10H2,(H,19,22)(H,20,21). The summed E-state index contributed by atoms with van der Waals surface area (Å²) in [5, 5.41) is 6.30. The van der Waals surface area contributed by atoms with Gasteiger partial charge in [-0.2, -0.15) is 0 Å². The molecule has 22 heavy (non-hydrogen) atoms. The second-order valence-corrected chi connectivity index (χ2v) is 5.71. The minimum absolute atomic E-state index is 0.0423. The van der Waals surface area contributed by atoms with E-state index in [2.05, 4.69) is 10.6 Å². The number of hydrogen-bond acceptors (Lipinski definition) is 2. The summed E-state index contributed by atoms with van der Waals surface area (Å²) in [6, 6.07) is 12.7. The zero-order chi connectivity index (χ0) is 15.5. The number of hydrogen-bond donors (Lipinski definition) is 2. The number of nitrogens with one attached hydrogen (secondary N) is 2.